The van der Waals surface area contributed by atoms with Crippen LogP contribution in [0.2, 0.25) is 0 Å². The number of fused-ring (bicyclic) bond motifs is 1. The van der Waals surface area contributed by atoms with Crippen LogP contribution in [0.3, 0.4) is 0 Å². The first-order valence-corrected chi connectivity index (χ1v) is 6.25. The summed E-state index contributed by atoms with van der Waals surface area (Å²) < 4.78 is 10.5. The van der Waals surface area contributed by atoms with Crippen LogP contribution in [-0.2, 0) is 15.9 Å². The number of hydrogen-bond donors (Lipinski definition) is 1. The zero-order valence-electron chi connectivity index (χ0n) is 10.8. The highest BCUT2D eigenvalue weighted by molar-refractivity contribution is 5.89. The van der Waals surface area contributed by atoms with Crippen LogP contribution in [0.25, 0.3) is 0 Å². The van der Waals surface area contributed by atoms with E-state index >= 15 is 0 Å². The minimum absolute atomic E-state index is 0.0139. The number of nitrogens with two attached hydrogens (primary N) is 1. The Morgan fingerprint density at radius 1 is 1.50 bits per heavy atom. The first kappa shape index (κ1) is 13.1. The molecule has 4 heteroatoms. The fourth-order valence-electron chi connectivity index (χ4n) is 2.43. The Bertz CT molecular complexity index is 445. The molecule has 0 amide bonds. The van der Waals surface area contributed by atoms with Crippen LogP contribution in [0.1, 0.15) is 40.9 Å². The molecule has 18 heavy (non-hydrogen) atoms. The number of carbonyl (C=O) groups excluding carboxylic acids is 1. The standard InChI is InChI=1S/C14H19NO3/c1-3-18-14(16)10-5-4-9-6-7-12(15)13(17-2)11(9)8-10/h4-5,8,12-13H,3,6-7,15H2,1-2H3/t12?,13-/m0/s1. The van der Waals surface area contributed by atoms with Crippen molar-refractivity contribution in [3.05, 3.63) is 34.9 Å². The fraction of sp³-hybridized carbons (Fsp3) is 0.500. The third-order valence-corrected chi connectivity index (χ3v) is 3.35. The maximum Gasteiger partial charge on any atom is 0.338 e. The highest BCUT2D eigenvalue weighted by Crippen LogP contribution is 2.32. The average Bonchev–Trinajstić information content (AvgIpc) is 2.38. The van der Waals surface area contributed by atoms with Gasteiger partial charge in [-0.15, -0.1) is 0 Å². The van der Waals surface area contributed by atoms with Gasteiger partial charge in [-0.3, -0.25) is 0 Å². The summed E-state index contributed by atoms with van der Waals surface area (Å²) in [6, 6.07) is 5.61. The smallest absolute Gasteiger partial charge is 0.338 e. The van der Waals surface area contributed by atoms with Gasteiger partial charge in [0.15, 0.2) is 0 Å². The van der Waals surface area contributed by atoms with Gasteiger partial charge >= 0.3 is 5.97 Å². The molecule has 1 aliphatic carbocycles. The largest absolute Gasteiger partial charge is 0.462 e. The number of ether oxygens (including phenoxy) is 2. The van der Waals surface area contributed by atoms with E-state index in [1.807, 2.05) is 12.1 Å². The maximum absolute atomic E-state index is 11.7. The molecule has 1 aliphatic rings. The molecule has 98 valence electrons. The van der Waals surface area contributed by atoms with Crippen LogP contribution >= 0.6 is 0 Å². The second kappa shape index (κ2) is 5.50. The van der Waals surface area contributed by atoms with Crippen LogP contribution in [0.15, 0.2) is 18.2 Å². The summed E-state index contributed by atoms with van der Waals surface area (Å²) in [5.41, 5.74) is 8.83. The van der Waals surface area contributed by atoms with Gasteiger partial charge in [0.25, 0.3) is 0 Å². The zero-order valence-corrected chi connectivity index (χ0v) is 10.8. The van der Waals surface area contributed by atoms with E-state index in [0.717, 1.165) is 18.4 Å². The molecule has 1 aromatic rings. The van der Waals surface area contributed by atoms with Crippen molar-refractivity contribution in [3.8, 4) is 0 Å². The number of esters is 1. The third kappa shape index (κ3) is 2.40. The summed E-state index contributed by atoms with van der Waals surface area (Å²) in [5.74, 6) is -0.297. The molecule has 1 unspecified atom stereocenters. The van der Waals surface area contributed by atoms with Gasteiger partial charge in [-0.1, -0.05) is 6.07 Å². The molecule has 1 aromatic carbocycles. The number of rotatable bonds is 3. The van der Waals surface area contributed by atoms with E-state index in [2.05, 4.69) is 0 Å². The van der Waals surface area contributed by atoms with E-state index in [1.165, 1.54) is 5.56 Å². The lowest BCUT2D eigenvalue weighted by atomic mass is 9.85. The van der Waals surface area contributed by atoms with Crippen molar-refractivity contribution in [2.24, 2.45) is 5.73 Å². The fourth-order valence-corrected chi connectivity index (χ4v) is 2.43. The van der Waals surface area contributed by atoms with Gasteiger partial charge in [-0.2, -0.15) is 0 Å². The van der Waals surface area contributed by atoms with Gasteiger partial charge < -0.3 is 15.2 Å². The van der Waals surface area contributed by atoms with Gasteiger partial charge in [0, 0.05) is 13.2 Å². The molecule has 0 aliphatic heterocycles. The molecule has 0 radical (unpaired) electrons. The molecule has 0 heterocycles. The summed E-state index contributed by atoms with van der Waals surface area (Å²) in [4.78, 5) is 11.7. The summed E-state index contributed by atoms with van der Waals surface area (Å²) in [6.07, 6.45) is 1.70. The Labute approximate surface area is 107 Å². The molecule has 4 nitrogen and oxygen atoms in total. The van der Waals surface area contributed by atoms with Gasteiger partial charge in [0.1, 0.15) is 0 Å². The normalized spacial score (nSPS) is 22.4. The molecule has 0 saturated heterocycles. The van der Waals surface area contributed by atoms with Gasteiger partial charge in [0.2, 0.25) is 0 Å². The highest BCUT2D eigenvalue weighted by atomic mass is 16.5. The Balaban J connectivity index is 2.34. The molecule has 2 rings (SSSR count). The molecule has 0 saturated carbocycles. The molecule has 0 fully saturated rings. The summed E-state index contributed by atoms with van der Waals surface area (Å²) >= 11 is 0. The molecular weight excluding hydrogens is 230 g/mol. The summed E-state index contributed by atoms with van der Waals surface area (Å²) in [5, 5.41) is 0. The topological polar surface area (TPSA) is 61.5 Å². The summed E-state index contributed by atoms with van der Waals surface area (Å²) in [7, 11) is 1.65. The number of aryl methyl sites for hydroxylation is 1. The van der Waals surface area contributed by atoms with E-state index in [9.17, 15) is 4.79 Å². The molecule has 0 spiro atoms. The lowest BCUT2D eigenvalue weighted by Gasteiger charge is -2.30. The van der Waals surface area contributed by atoms with E-state index in [1.54, 1.807) is 20.1 Å². The van der Waals surface area contributed by atoms with Crippen LogP contribution in [0.5, 0.6) is 0 Å². The minimum Gasteiger partial charge on any atom is -0.462 e. The maximum atomic E-state index is 11.7. The van der Waals surface area contributed by atoms with Crippen molar-refractivity contribution in [3.63, 3.8) is 0 Å². The van der Waals surface area contributed by atoms with E-state index < -0.39 is 0 Å². The number of carbonyl (C=O) groups is 1. The second-order valence-corrected chi connectivity index (χ2v) is 4.49. The van der Waals surface area contributed by atoms with Gasteiger partial charge in [0.05, 0.1) is 18.3 Å². The predicted molar refractivity (Wildman–Crippen MR) is 68.4 cm³/mol. The van der Waals surface area contributed by atoms with Crippen molar-refractivity contribution in [2.45, 2.75) is 31.9 Å². The SMILES string of the molecule is CCOC(=O)c1ccc2c(c1)[C@H](OC)C(N)CC2. The predicted octanol–water partition coefficient (Wildman–Crippen LogP) is 1.82. The molecule has 2 atom stereocenters. The average molecular weight is 249 g/mol. The highest BCUT2D eigenvalue weighted by Gasteiger charge is 2.27. The number of methoxy groups -OCH3 is 1. The Morgan fingerprint density at radius 3 is 2.94 bits per heavy atom. The van der Waals surface area contributed by atoms with E-state index in [-0.39, 0.29) is 18.1 Å². The Morgan fingerprint density at radius 2 is 2.28 bits per heavy atom. The first-order valence-electron chi connectivity index (χ1n) is 6.25. The first-order chi connectivity index (χ1) is 8.67. The van der Waals surface area contributed by atoms with Crippen molar-refractivity contribution in [1.82, 2.24) is 0 Å². The monoisotopic (exact) mass is 249 g/mol. The molecule has 2 N–H and O–H groups in total. The van der Waals surface area contributed by atoms with Crippen LogP contribution in [-0.4, -0.2) is 25.7 Å². The Kier molecular flexibility index (Phi) is 3.99. The van der Waals surface area contributed by atoms with Crippen molar-refractivity contribution in [2.75, 3.05) is 13.7 Å². The quantitative estimate of drug-likeness (QED) is 0.830. The van der Waals surface area contributed by atoms with Crippen molar-refractivity contribution in [1.29, 1.82) is 0 Å². The number of hydrogen-bond acceptors (Lipinski definition) is 4. The molecular formula is C14H19NO3. The van der Waals surface area contributed by atoms with Crippen LogP contribution in [0.4, 0.5) is 0 Å². The second-order valence-electron chi connectivity index (χ2n) is 4.49. The van der Waals surface area contributed by atoms with Crippen LogP contribution in [0, 0.1) is 0 Å². The molecule has 0 bridgehead atoms. The van der Waals surface area contributed by atoms with E-state index in [0.29, 0.717) is 12.2 Å². The molecule has 0 aromatic heterocycles. The third-order valence-electron chi connectivity index (χ3n) is 3.35. The zero-order chi connectivity index (χ0) is 13.1. The van der Waals surface area contributed by atoms with Gasteiger partial charge in [-0.25, -0.2) is 4.79 Å². The van der Waals surface area contributed by atoms with Crippen molar-refractivity contribution >= 4 is 5.97 Å². The van der Waals surface area contributed by atoms with Crippen molar-refractivity contribution < 1.29 is 14.3 Å². The lowest BCUT2D eigenvalue weighted by molar-refractivity contribution is 0.0523. The van der Waals surface area contributed by atoms with Crippen LogP contribution < -0.4 is 5.73 Å². The van der Waals surface area contributed by atoms with E-state index in [4.69, 9.17) is 15.2 Å². The lowest BCUT2D eigenvalue weighted by Crippen LogP contribution is -2.34. The van der Waals surface area contributed by atoms with Gasteiger partial charge in [-0.05, 0) is 43.0 Å². The number of benzene rings is 1. The minimum atomic E-state index is -0.297. The Hall–Kier alpha value is -1.39. The summed E-state index contributed by atoms with van der Waals surface area (Å²) in [6.45, 7) is 2.17.